The molecule has 3 aromatic rings. The average molecular weight is 500 g/mol. The zero-order valence-electron chi connectivity index (χ0n) is 15.0. The first-order valence-electron chi connectivity index (χ1n) is 8.53. The Morgan fingerprint density at radius 2 is 1.96 bits per heavy atom. The van der Waals surface area contributed by atoms with Gasteiger partial charge in [-0.3, -0.25) is 4.79 Å². The highest BCUT2D eigenvalue weighted by atomic mass is 79.9. The first-order valence-corrected chi connectivity index (χ1v) is 10.9. The Kier molecular flexibility index (Phi) is 7.35. The lowest BCUT2D eigenvalue weighted by molar-refractivity contribution is -0.116. The number of carbonyl (C=O) groups is 1. The van der Waals surface area contributed by atoms with E-state index in [1.807, 2.05) is 31.2 Å². The van der Waals surface area contributed by atoms with Crippen molar-refractivity contribution in [3.05, 3.63) is 61.9 Å². The van der Waals surface area contributed by atoms with Gasteiger partial charge in [-0.15, -0.1) is 11.3 Å². The predicted molar refractivity (Wildman–Crippen MR) is 120 cm³/mol. The van der Waals surface area contributed by atoms with Gasteiger partial charge >= 0.3 is 0 Å². The van der Waals surface area contributed by atoms with E-state index in [0.29, 0.717) is 40.4 Å². The van der Waals surface area contributed by atoms with E-state index in [-0.39, 0.29) is 5.91 Å². The minimum absolute atomic E-state index is 0.0955. The standard InChI is InChI=1S/C20H17BrCl2N2O2S/c1-12-19(13-4-6-14(21)7-5-13)25-20(28-12)24-18(26)3-2-10-27-17-9-8-15(22)11-16(17)23/h4-9,11H,2-3,10H2,1H3,(H,24,25,26). The number of halogens is 3. The summed E-state index contributed by atoms with van der Waals surface area (Å²) in [5, 5.41) is 4.47. The molecule has 0 aliphatic carbocycles. The molecule has 0 atom stereocenters. The van der Waals surface area contributed by atoms with Crippen molar-refractivity contribution in [1.29, 1.82) is 0 Å². The smallest absolute Gasteiger partial charge is 0.226 e. The Balaban J connectivity index is 1.50. The van der Waals surface area contributed by atoms with E-state index < -0.39 is 0 Å². The number of hydrogen-bond donors (Lipinski definition) is 1. The average Bonchev–Trinajstić information content (AvgIpc) is 3.01. The maximum Gasteiger partial charge on any atom is 0.226 e. The summed E-state index contributed by atoms with van der Waals surface area (Å²) in [6, 6.07) is 13.0. The third-order valence-corrected chi connectivity index (χ3v) is 5.81. The topological polar surface area (TPSA) is 51.2 Å². The van der Waals surface area contributed by atoms with Gasteiger partial charge in [0.1, 0.15) is 5.75 Å². The second kappa shape index (κ2) is 9.74. The molecular weight excluding hydrogens is 483 g/mol. The Hall–Kier alpha value is -1.60. The van der Waals surface area contributed by atoms with Crippen molar-refractivity contribution >= 4 is 61.5 Å². The largest absolute Gasteiger partial charge is 0.492 e. The van der Waals surface area contributed by atoms with E-state index in [9.17, 15) is 4.79 Å². The number of aromatic nitrogens is 1. The summed E-state index contributed by atoms with van der Waals surface area (Å²) in [6.45, 7) is 2.38. The molecule has 0 saturated carbocycles. The van der Waals surface area contributed by atoms with E-state index in [0.717, 1.165) is 20.6 Å². The number of hydrogen-bond acceptors (Lipinski definition) is 4. The number of rotatable bonds is 7. The number of ether oxygens (including phenoxy) is 1. The normalized spacial score (nSPS) is 10.7. The lowest BCUT2D eigenvalue weighted by atomic mass is 10.1. The molecule has 1 aromatic heterocycles. The first-order chi connectivity index (χ1) is 13.4. The van der Waals surface area contributed by atoms with Gasteiger partial charge in [0, 0.05) is 26.4 Å². The molecule has 8 heteroatoms. The second-order valence-corrected chi connectivity index (χ2v) is 8.97. The fraction of sp³-hybridized carbons (Fsp3) is 0.200. The highest BCUT2D eigenvalue weighted by Crippen LogP contribution is 2.31. The second-order valence-electron chi connectivity index (χ2n) is 6.01. The molecule has 28 heavy (non-hydrogen) atoms. The van der Waals surface area contributed by atoms with Gasteiger partial charge in [0.15, 0.2) is 5.13 Å². The monoisotopic (exact) mass is 498 g/mol. The summed E-state index contributed by atoms with van der Waals surface area (Å²) in [7, 11) is 0. The fourth-order valence-electron chi connectivity index (χ4n) is 2.51. The number of thiazole rings is 1. The Morgan fingerprint density at radius 3 is 2.68 bits per heavy atom. The molecule has 1 amide bonds. The number of amides is 1. The zero-order chi connectivity index (χ0) is 20.1. The maximum atomic E-state index is 12.2. The Bertz CT molecular complexity index is 977. The number of nitrogens with one attached hydrogen (secondary N) is 1. The minimum atomic E-state index is -0.0955. The highest BCUT2D eigenvalue weighted by Gasteiger charge is 2.12. The van der Waals surface area contributed by atoms with E-state index in [1.54, 1.807) is 18.2 Å². The quantitative estimate of drug-likeness (QED) is 0.356. The Morgan fingerprint density at radius 1 is 1.21 bits per heavy atom. The highest BCUT2D eigenvalue weighted by molar-refractivity contribution is 9.10. The van der Waals surface area contributed by atoms with Crippen LogP contribution in [0.25, 0.3) is 11.3 Å². The maximum absolute atomic E-state index is 12.2. The van der Waals surface area contributed by atoms with Gasteiger partial charge in [0.05, 0.1) is 17.3 Å². The lowest BCUT2D eigenvalue weighted by Gasteiger charge is -2.08. The summed E-state index contributed by atoms with van der Waals surface area (Å²) >= 11 is 16.8. The predicted octanol–water partition coefficient (Wildman–Crippen LogP) is 6.99. The molecule has 0 radical (unpaired) electrons. The van der Waals surface area contributed by atoms with Crippen molar-refractivity contribution in [2.75, 3.05) is 11.9 Å². The van der Waals surface area contributed by atoms with Gasteiger partial charge in [0.2, 0.25) is 5.91 Å². The van der Waals surface area contributed by atoms with Crippen LogP contribution in [0.5, 0.6) is 5.75 Å². The number of benzene rings is 2. The van der Waals surface area contributed by atoms with Crippen LogP contribution in [0.1, 0.15) is 17.7 Å². The van der Waals surface area contributed by atoms with Crippen molar-refractivity contribution in [2.45, 2.75) is 19.8 Å². The van der Waals surface area contributed by atoms with Crippen molar-refractivity contribution in [2.24, 2.45) is 0 Å². The molecule has 3 rings (SSSR count). The third kappa shape index (κ3) is 5.70. The molecule has 0 aliphatic heterocycles. The van der Waals surface area contributed by atoms with Gasteiger partial charge in [-0.25, -0.2) is 4.98 Å². The lowest BCUT2D eigenvalue weighted by Crippen LogP contribution is -2.12. The van der Waals surface area contributed by atoms with Crippen LogP contribution in [0.4, 0.5) is 5.13 Å². The van der Waals surface area contributed by atoms with Crippen LogP contribution in [0.2, 0.25) is 10.0 Å². The van der Waals surface area contributed by atoms with Gasteiger partial charge < -0.3 is 10.1 Å². The molecule has 0 aliphatic rings. The van der Waals surface area contributed by atoms with Crippen LogP contribution in [0.3, 0.4) is 0 Å². The summed E-state index contributed by atoms with van der Waals surface area (Å²) in [4.78, 5) is 17.8. The Labute approximate surface area is 186 Å². The fourth-order valence-corrected chi connectivity index (χ4v) is 4.09. The van der Waals surface area contributed by atoms with E-state index in [2.05, 4.69) is 26.2 Å². The van der Waals surface area contributed by atoms with Gasteiger partial charge in [0.25, 0.3) is 0 Å². The molecule has 146 valence electrons. The zero-order valence-corrected chi connectivity index (χ0v) is 18.9. The van der Waals surface area contributed by atoms with E-state index >= 15 is 0 Å². The summed E-state index contributed by atoms with van der Waals surface area (Å²) in [5.74, 6) is 0.461. The van der Waals surface area contributed by atoms with E-state index in [4.69, 9.17) is 27.9 Å². The number of aryl methyl sites for hydroxylation is 1. The van der Waals surface area contributed by atoms with Crippen LogP contribution in [-0.4, -0.2) is 17.5 Å². The summed E-state index contributed by atoms with van der Waals surface area (Å²) in [6.07, 6.45) is 0.895. The van der Waals surface area contributed by atoms with E-state index in [1.165, 1.54) is 11.3 Å². The van der Waals surface area contributed by atoms with Gasteiger partial charge in [-0.1, -0.05) is 51.3 Å². The summed E-state index contributed by atoms with van der Waals surface area (Å²) < 4.78 is 6.61. The number of carbonyl (C=O) groups excluding carboxylic acids is 1. The van der Waals surface area contributed by atoms with Gasteiger partial charge in [-0.05, 0) is 43.7 Å². The number of nitrogens with zero attached hydrogens (tertiary/aromatic N) is 1. The summed E-state index contributed by atoms with van der Waals surface area (Å²) in [5.41, 5.74) is 1.90. The molecule has 1 N–H and O–H groups in total. The minimum Gasteiger partial charge on any atom is -0.492 e. The van der Waals surface area contributed by atoms with Gasteiger partial charge in [-0.2, -0.15) is 0 Å². The van der Waals surface area contributed by atoms with Crippen LogP contribution in [0.15, 0.2) is 46.9 Å². The molecule has 0 unspecified atom stereocenters. The molecule has 2 aromatic carbocycles. The van der Waals surface area contributed by atoms with Crippen molar-refractivity contribution < 1.29 is 9.53 Å². The first kappa shape index (κ1) is 21.1. The SMILES string of the molecule is Cc1sc(NC(=O)CCCOc2ccc(Cl)cc2Cl)nc1-c1ccc(Br)cc1. The molecule has 0 spiro atoms. The molecular formula is C20H17BrCl2N2O2S. The molecule has 0 fully saturated rings. The molecule has 0 bridgehead atoms. The van der Waals surface area contributed by atoms with Crippen molar-refractivity contribution in [1.82, 2.24) is 4.98 Å². The van der Waals surface area contributed by atoms with Crippen LogP contribution in [-0.2, 0) is 4.79 Å². The number of anilines is 1. The molecule has 1 heterocycles. The molecule has 4 nitrogen and oxygen atoms in total. The van der Waals surface area contributed by atoms with Crippen molar-refractivity contribution in [3.63, 3.8) is 0 Å². The molecule has 0 saturated heterocycles. The third-order valence-electron chi connectivity index (χ3n) is 3.86. The van der Waals surface area contributed by atoms with Crippen LogP contribution >= 0.6 is 50.5 Å². The van der Waals surface area contributed by atoms with Crippen LogP contribution in [0, 0.1) is 6.92 Å². The van der Waals surface area contributed by atoms with Crippen molar-refractivity contribution in [3.8, 4) is 17.0 Å². The van der Waals surface area contributed by atoms with Crippen LogP contribution < -0.4 is 10.1 Å².